The Morgan fingerprint density at radius 3 is 2.44 bits per heavy atom. The summed E-state index contributed by atoms with van der Waals surface area (Å²) >= 11 is 1.51. The Morgan fingerprint density at radius 2 is 1.84 bits per heavy atom. The van der Waals surface area contributed by atoms with Crippen molar-refractivity contribution in [2.45, 2.75) is 52.6 Å². The molecule has 176 valence electrons. The van der Waals surface area contributed by atoms with Crippen LogP contribution in [0.15, 0.2) is 12.1 Å². The van der Waals surface area contributed by atoms with E-state index in [1.807, 2.05) is 39.8 Å². The van der Waals surface area contributed by atoms with E-state index < -0.39 is 25.3 Å². The first-order chi connectivity index (χ1) is 15.0. The molecule has 0 unspecified atom stereocenters. The molecule has 1 aliphatic rings. The number of aryl methyl sites for hydroxylation is 2. The van der Waals surface area contributed by atoms with Crippen molar-refractivity contribution >= 4 is 22.4 Å². The van der Waals surface area contributed by atoms with Crippen molar-refractivity contribution in [3.8, 4) is 10.4 Å². The van der Waals surface area contributed by atoms with Gasteiger partial charge in [0, 0.05) is 24.5 Å². The second kappa shape index (κ2) is 10.1. The number of rotatable bonds is 7. The average molecular weight is 473 g/mol. The van der Waals surface area contributed by atoms with Crippen LogP contribution in [0.25, 0.3) is 10.4 Å². The van der Waals surface area contributed by atoms with Gasteiger partial charge < -0.3 is 19.7 Å². The van der Waals surface area contributed by atoms with Crippen LogP contribution in [0.1, 0.15) is 30.9 Å². The normalized spacial score (nSPS) is 19.3. The summed E-state index contributed by atoms with van der Waals surface area (Å²) in [5.74, 6) is -0.634. The highest BCUT2D eigenvalue weighted by molar-refractivity contribution is 7.19. The maximum atomic E-state index is 12.2. The second-order valence-electron chi connectivity index (χ2n) is 7.96. The minimum atomic E-state index is -4.47. The summed E-state index contributed by atoms with van der Waals surface area (Å²) in [7, 11) is 0. The number of alkyl halides is 3. The third-order valence-corrected chi connectivity index (χ3v) is 5.88. The zero-order valence-corrected chi connectivity index (χ0v) is 19.3. The van der Waals surface area contributed by atoms with Gasteiger partial charge in [-0.05, 0) is 45.4 Å². The topological polar surface area (TPSA) is 76.6 Å². The van der Waals surface area contributed by atoms with Gasteiger partial charge >= 0.3 is 6.18 Å². The van der Waals surface area contributed by atoms with Crippen molar-refractivity contribution < 1.29 is 27.4 Å². The Hall–Kier alpha value is -2.24. The highest BCUT2D eigenvalue weighted by Crippen LogP contribution is 2.36. The molecule has 0 bridgehead atoms. The van der Waals surface area contributed by atoms with E-state index in [1.165, 1.54) is 11.3 Å². The number of ether oxygens (including phenoxy) is 2. The number of nitrogens with one attached hydrogen (secondary N) is 1. The van der Waals surface area contributed by atoms with Crippen molar-refractivity contribution in [1.29, 1.82) is 0 Å². The average Bonchev–Trinajstić information content (AvgIpc) is 3.08. The van der Waals surface area contributed by atoms with Crippen LogP contribution in [0.5, 0.6) is 0 Å². The van der Waals surface area contributed by atoms with Crippen molar-refractivity contribution in [2.75, 3.05) is 31.2 Å². The summed E-state index contributed by atoms with van der Waals surface area (Å²) in [6.45, 7) is 7.17. The molecule has 11 heteroatoms. The number of thiazole rings is 1. The van der Waals surface area contributed by atoms with E-state index in [2.05, 4.69) is 19.9 Å². The number of morpholine rings is 1. The fraction of sp³-hybridized carbons (Fsp3) is 0.571. The van der Waals surface area contributed by atoms with Gasteiger partial charge in [-0.3, -0.25) is 9.78 Å². The molecule has 0 saturated carbocycles. The zero-order valence-electron chi connectivity index (χ0n) is 18.5. The molecule has 0 radical (unpaired) electrons. The van der Waals surface area contributed by atoms with Crippen molar-refractivity contribution in [3.05, 3.63) is 29.2 Å². The molecular weight excluding hydrogens is 445 g/mol. The van der Waals surface area contributed by atoms with Gasteiger partial charge in [0.25, 0.3) is 0 Å². The van der Waals surface area contributed by atoms with Crippen LogP contribution in [-0.4, -0.2) is 60.6 Å². The van der Waals surface area contributed by atoms with E-state index in [0.717, 1.165) is 27.0 Å². The number of hydrogen-bond acceptors (Lipinski definition) is 7. The zero-order chi connectivity index (χ0) is 23.5. The molecule has 0 aliphatic carbocycles. The summed E-state index contributed by atoms with van der Waals surface area (Å²) in [5, 5.41) is 3.42. The van der Waals surface area contributed by atoms with Gasteiger partial charge in [0.05, 0.1) is 29.3 Å². The molecule has 0 spiro atoms. The number of carbonyl (C=O) groups excluding carboxylic acids is 1. The number of amides is 1. The highest BCUT2D eigenvalue weighted by atomic mass is 32.1. The third-order valence-electron chi connectivity index (χ3n) is 4.67. The molecular formula is C21H27F3N4O3S. The van der Waals surface area contributed by atoms with Crippen molar-refractivity contribution in [1.82, 2.24) is 15.3 Å². The first-order valence-corrected chi connectivity index (χ1v) is 11.1. The largest absolute Gasteiger partial charge is 0.411 e. The van der Waals surface area contributed by atoms with E-state index in [4.69, 9.17) is 9.72 Å². The Kier molecular flexibility index (Phi) is 7.73. The Balaban J connectivity index is 1.80. The molecule has 1 fully saturated rings. The van der Waals surface area contributed by atoms with Crippen molar-refractivity contribution in [3.63, 3.8) is 0 Å². The van der Waals surface area contributed by atoms with E-state index in [1.54, 1.807) is 0 Å². The molecule has 1 aliphatic heterocycles. The van der Waals surface area contributed by atoms with Gasteiger partial charge in [-0.25, -0.2) is 4.98 Å². The van der Waals surface area contributed by atoms with Gasteiger partial charge in [-0.15, -0.1) is 0 Å². The van der Waals surface area contributed by atoms with Gasteiger partial charge in [0.1, 0.15) is 13.2 Å². The Morgan fingerprint density at radius 1 is 1.22 bits per heavy atom. The van der Waals surface area contributed by atoms with Crippen LogP contribution < -0.4 is 10.2 Å². The molecule has 2 aromatic heterocycles. The van der Waals surface area contributed by atoms with Crippen LogP contribution in [-0.2, 0) is 20.8 Å². The van der Waals surface area contributed by atoms with E-state index in [0.29, 0.717) is 18.8 Å². The predicted octanol–water partition coefficient (Wildman–Crippen LogP) is 3.63. The Labute approximate surface area is 189 Å². The quantitative estimate of drug-likeness (QED) is 0.663. The maximum absolute atomic E-state index is 12.2. The lowest BCUT2D eigenvalue weighted by atomic mass is 10.1. The number of aromatic nitrogens is 2. The lowest BCUT2D eigenvalue weighted by Crippen LogP contribution is -2.45. The van der Waals surface area contributed by atoms with Gasteiger partial charge in [-0.2, -0.15) is 13.2 Å². The Bertz CT molecular complexity index is 921. The number of anilines is 1. The molecule has 2 aromatic rings. The molecule has 3 rings (SSSR count). The molecule has 0 aromatic carbocycles. The number of halogens is 3. The van der Waals surface area contributed by atoms with Crippen LogP contribution in [0, 0.1) is 13.8 Å². The molecule has 3 heterocycles. The maximum Gasteiger partial charge on any atom is 0.411 e. The van der Waals surface area contributed by atoms with E-state index in [9.17, 15) is 18.0 Å². The molecule has 2 atom stereocenters. The number of hydrogen-bond donors (Lipinski definition) is 1. The van der Waals surface area contributed by atoms with Crippen LogP contribution in [0.3, 0.4) is 0 Å². The number of pyridine rings is 1. The summed E-state index contributed by atoms with van der Waals surface area (Å²) < 4.78 is 46.9. The van der Waals surface area contributed by atoms with Gasteiger partial charge in [0.2, 0.25) is 5.91 Å². The SMILES string of the molecule is Cc1cc(-c2sc(N3C[C@@H](C)O[C@@H](C)C3)nc2CNC(=O)COCC(F)(F)F)cc(C)n1. The third kappa shape index (κ3) is 6.88. The summed E-state index contributed by atoms with van der Waals surface area (Å²) in [5.41, 5.74) is 3.30. The number of nitrogens with zero attached hydrogens (tertiary/aromatic N) is 3. The molecule has 7 nitrogen and oxygen atoms in total. The van der Waals surface area contributed by atoms with Crippen molar-refractivity contribution in [2.24, 2.45) is 0 Å². The lowest BCUT2D eigenvalue weighted by molar-refractivity contribution is -0.175. The molecule has 1 saturated heterocycles. The summed E-state index contributed by atoms with van der Waals surface area (Å²) in [6, 6.07) is 3.90. The first kappa shape index (κ1) is 24.4. The first-order valence-electron chi connectivity index (χ1n) is 10.3. The van der Waals surface area contributed by atoms with Crippen LogP contribution >= 0.6 is 11.3 Å². The smallest absolute Gasteiger partial charge is 0.372 e. The molecule has 1 amide bonds. The lowest BCUT2D eigenvalue weighted by Gasteiger charge is -2.35. The minimum absolute atomic E-state index is 0.0606. The molecule has 32 heavy (non-hydrogen) atoms. The summed E-state index contributed by atoms with van der Waals surface area (Å²) in [4.78, 5) is 24.2. The number of carbonyl (C=O) groups is 1. The fourth-order valence-corrected chi connectivity index (χ4v) is 4.70. The fourth-order valence-electron chi connectivity index (χ4n) is 3.61. The van der Waals surface area contributed by atoms with Gasteiger partial charge in [0.15, 0.2) is 5.13 Å². The van der Waals surface area contributed by atoms with E-state index in [-0.39, 0.29) is 18.8 Å². The van der Waals surface area contributed by atoms with Crippen LogP contribution in [0.4, 0.5) is 18.3 Å². The second-order valence-corrected chi connectivity index (χ2v) is 8.94. The van der Waals surface area contributed by atoms with Crippen LogP contribution in [0.2, 0.25) is 0 Å². The molecule has 1 N–H and O–H groups in total. The monoisotopic (exact) mass is 472 g/mol. The minimum Gasteiger partial charge on any atom is -0.372 e. The van der Waals surface area contributed by atoms with E-state index >= 15 is 0 Å². The van der Waals surface area contributed by atoms with Gasteiger partial charge in [-0.1, -0.05) is 11.3 Å². The summed E-state index contributed by atoms with van der Waals surface area (Å²) in [6.07, 6.45) is -4.35. The standard InChI is InChI=1S/C21H27F3N4O3S/c1-12-5-16(6-13(2)26-12)19-17(7-25-18(29)10-30-11-21(22,23)24)27-20(32-19)28-8-14(3)31-15(4)9-28/h5-6,14-15H,7-11H2,1-4H3,(H,25,29)/t14-,15+. The predicted molar refractivity (Wildman–Crippen MR) is 116 cm³/mol. The highest BCUT2D eigenvalue weighted by Gasteiger charge is 2.28.